The van der Waals surface area contributed by atoms with Gasteiger partial charge in [-0.15, -0.1) is 0 Å². The highest BCUT2D eigenvalue weighted by Crippen LogP contribution is 2.31. The molecule has 2 aromatic rings. The number of fused-ring (bicyclic) bond motifs is 1. The molecule has 1 amide bonds. The van der Waals surface area contributed by atoms with Gasteiger partial charge in [0.05, 0.1) is 43.3 Å². The van der Waals surface area contributed by atoms with Crippen LogP contribution in [0.4, 0.5) is 0 Å². The van der Waals surface area contributed by atoms with E-state index < -0.39 is 10.0 Å². The lowest BCUT2D eigenvalue weighted by atomic mass is 9.93. The van der Waals surface area contributed by atoms with E-state index in [1.165, 1.54) is 0 Å². The fourth-order valence-corrected chi connectivity index (χ4v) is 3.08. The molecule has 1 aliphatic heterocycles. The molecule has 2 aromatic heterocycles. The number of hydrogen-bond acceptors (Lipinski definition) is 5. The largest absolute Gasteiger partial charge is 0.347 e. The van der Waals surface area contributed by atoms with Gasteiger partial charge < -0.3 is 9.88 Å². The van der Waals surface area contributed by atoms with Crippen molar-refractivity contribution in [2.45, 2.75) is 12.5 Å². The van der Waals surface area contributed by atoms with Gasteiger partial charge in [0.1, 0.15) is 0 Å². The number of rotatable bonds is 4. The topological polar surface area (TPSA) is 113 Å². The molecule has 3 heterocycles. The van der Waals surface area contributed by atoms with Crippen molar-refractivity contribution in [2.75, 3.05) is 19.3 Å². The lowest BCUT2D eigenvalue weighted by Gasteiger charge is -2.31. The molecule has 23 heavy (non-hydrogen) atoms. The number of aromatic amines is 1. The van der Waals surface area contributed by atoms with E-state index in [0.717, 1.165) is 23.2 Å². The molecule has 1 unspecified atom stereocenters. The molecule has 0 saturated carbocycles. The Morgan fingerprint density at radius 2 is 2.30 bits per heavy atom. The van der Waals surface area contributed by atoms with E-state index in [1.807, 2.05) is 13.2 Å². The number of carbonyl (C=O) groups excluding carboxylic acids is 1. The van der Waals surface area contributed by atoms with Crippen LogP contribution in [0.2, 0.25) is 0 Å². The van der Waals surface area contributed by atoms with Gasteiger partial charge in [-0.25, -0.2) is 18.1 Å². The van der Waals surface area contributed by atoms with Crippen molar-refractivity contribution in [1.82, 2.24) is 29.4 Å². The molecule has 1 atom stereocenters. The van der Waals surface area contributed by atoms with Gasteiger partial charge in [-0.1, -0.05) is 0 Å². The van der Waals surface area contributed by atoms with Gasteiger partial charge in [-0.3, -0.25) is 9.48 Å². The van der Waals surface area contributed by atoms with Crippen molar-refractivity contribution in [3.05, 3.63) is 35.7 Å². The summed E-state index contributed by atoms with van der Waals surface area (Å²) in [6.45, 7) is 0.576. The van der Waals surface area contributed by atoms with Crippen LogP contribution in [0.5, 0.6) is 0 Å². The van der Waals surface area contributed by atoms with Gasteiger partial charge in [0.2, 0.25) is 15.9 Å². The van der Waals surface area contributed by atoms with Gasteiger partial charge >= 0.3 is 0 Å². The van der Waals surface area contributed by atoms with E-state index in [2.05, 4.69) is 19.8 Å². The van der Waals surface area contributed by atoms with Crippen molar-refractivity contribution < 1.29 is 13.2 Å². The number of aryl methyl sites for hydroxylation is 1. The zero-order valence-corrected chi connectivity index (χ0v) is 13.7. The van der Waals surface area contributed by atoms with E-state index in [0.29, 0.717) is 13.1 Å². The Kier molecular flexibility index (Phi) is 3.94. The van der Waals surface area contributed by atoms with Crippen molar-refractivity contribution >= 4 is 15.9 Å². The summed E-state index contributed by atoms with van der Waals surface area (Å²) < 4.78 is 26.2. The van der Waals surface area contributed by atoms with Gasteiger partial charge in [-0.05, 0) is 0 Å². The molecule has 0 aliphatic carbocycles. The molecule has 10 heteroatoms. The Hall–Kier alpha value is -2.20. The van der Waals surface area contributed by atoms with Gasteiger partial charge in [0, 0.05) is 31.3 Å². The lowest BCUT2D eigenvalue weighted by molar-refractivity contribution is -0.131. The second-order valence-corrected chi connectivity index (χ2v) is 7.47. The highest BCUT2D eigenvalue weighted by molar-refractivity contribution is 7.88. The quantitative estimate of drug-likeness (QED) is 0.755. The number of nitrogens with one attached hydrogen (secondary N) is 2. The molecule has 9 nitrogen and oxygen atoms in total. The zero-order chi connectivity index (χ0) is 16.6. The van der Waals surface area contributed by atoms with E-state index in [9.17, 15) is 13.2 Å². The molecule has 124 valence electrons. The van der Waals surface area contributed by atoms with Crippen LogP contribution in [0.1, 0.15) is 22.9 Å². The smallest absolute Gasteiger partial charge is 0.238 e. The summed E-state index contributed by atoms with van der Waals surface area (Å²) in [5.41, 5.74) is 2.73. The lowest BCUT2D eigenvalue weighted by Crippen LogP contribution is -2.43. The van der Waals surface area contributed by atoms with Gasteiger partial charge in [-0.2, -0.15) is 5.10 Å². The molecule has 0 saturated heterocycles. The van der Waals surface area contributed by atoms with E-state index in [1.54, 1.807) is 22.1 Å². The fraction of sp³-hybridized carbons (Fsp3) is 0.462. The Morgan fingerprint density at radius 1 is 1.52 bits per heavy atom. The predicted molar refractivity (Wildman–Crippen MR) is 81.9 cm³/mol. The fourth-order valence-electron chi connectivity index (χ4n) is 2.70. The van der Waals surface area contributed by atoms with E-state index in [-0.39, 0.29) is 18.4 Å². The summed E-state index contributed by atoms with van der Waals surface area (Å²) in [5.74, 6) is -0.356. The van der Waals surface area contributed by atoms with Crippen LogP contribution in [0, 0.1) is 0 Å². The van der Waals surface area contributed by atoms with Crippen LogP contribution in [-0.2, 0) is 28.4 Å². The number of sulfonamides is 1. The Labute approximate surface area is 133 Å². The summed E-state index contributed by atoms with van der Waals surface area (Å²) in [5, 5.41) is 4.17. The number of H-pyrrole nitrogens is 1. The van der Waals surface area contributed by atoms with Crippen LogP contribution in [0.3, 0.4) is 0 Å². The first kappa shape index (κ1) is 15.7. The first-order valence-corrected chi connectivity index (χ1v) is 8.96. The van der Waals surface area contributed by atoms with Crippen LogP contribution >= 0.6 is 0 Å². The van der Waals surface area contributed by atoms with Crippen molar-refractivity contribution in [3.8, 4) is 0 Å². The monoisotopic (exact) mass is 338 g/mol. The summed E-state index contributed by atoms with van der Waals surface area (Å²) in [6.07, 6.45) is 6.29. The van der Waals surface area contributed by atoms with Gasteiger partial charge in [0.25, 0.3) is 0 Å². The molecule has 0 bridgehead atoms. The van der Waals surface area contributed by atoms with Crippen molar-refractivity contribution in [2.24, 2.45) is 7.05 Å². The van der Waals surface area contributed by atoms with E-state index >= 15 is 0 Å². The predicted octanol–water partition coefficient (Wildman–Crippen LogP) is -0.833. The normalized spacial score (nSPS) is 18.0. The molecule has 0 fully saturated rings. The maximum atomic E-state index is 12.3. The van der Waals surface area contributed by atoms with Crippen LogP contribution in [-0.4, -0.2) is 58.3 Å². The molecule has 0 aromatic carbocycles. The maximum absolute atomic E-state index is 12.3. The third-order valence-electron chi connectivity index (χ3n) is 3.80. The summed E-state index contributed by atoms with van der Waals surface area (Å²) in [6, 6.07) is 0. The minimum Gasteiger partial charge on any atom is -0.347 e. The number of hydrogen-bond donors (Lipinski definition) is 2. The summed E-state index contributed by atoms with van der Waals surface area (Å²) >= 11 is 0. The second kappa shape index (κ2) is 5.78. The van der Waals surface area contributed by atoms with Crippen LogP contribution < -0.4 is 4.72 Å². The second-order valence-electron chi connectivity index (χ2n) is 5.63. The van der Waals surface area contributed by atoms with Gasteiger partial charge in [0.15, 0.2) is 0 Å². The number of aromatic nitrogens is 4. The molecular weight excluding hydrogens is 320 g/mol. The minimum absolute atomic E-state index is 0.0825. The molecular formula is C13H18N6O3S. The van der Waals surface area contributed by atoms with Crippen LogP contribution in [0.25, 0.3) is 0 Å². The molecule has 0 radical (unpaired) electrons. The highest BCUT2D eigenvalue weighted by atomic mass is 32.2. The number of carbonyl (C=O) groups is 1. The van der Waals surface area contributed by atoms with Crippen molar-refractivity contribution in [1.29, 1.82) is 0 Å². The Bertz CT molecular complexity index is 824. The molecule has 0 spiro atoms. The molecule has 1 aliphatic rings. The standard InChI is InChI=1S/C13H18N6O3S/c1-18-5-9(3-16-18)10-6-19(7-11-13(10)15-8-14-11)12(20)4-17-23(2,21)22/h3,5,8,10,17H,4,6-7H2,1-2H3,(H,14,15). The number of imidazole rings is 1. The maximum Gasteiger partial charge on any atom is 0.238 e. The van der Waals surface area contributed by atoms with Crippen LogP contribution in [0.15, 0.2) is 18.7 Å². The third-order valence-corrected chi connectivity index (χ3v) is 4.47. The highest BCUT2D eigenvalue weighted by Gasteiger charge is 2.32. The zero-order valence-electron chi connectivity index (χ0n) is 12.9. The number of amides is 1. The first-order valence-electron chi connectivity index (χ1n) is 7.06. The third kappa shape index (κ3) is 3.42. The first-order chi connectivity index (χ1) is 10.8. The average Bonchev–Trinajstić information content (AvgIpc) is 3.11. The average molecular weight is 338 g/mol. The SMILES string of the molecule is Cn1cc(C2CN(C(=O)CNS(C)(=O)=O)Cc3[nH]cnc32)cn1. The summed E-state index contributed by atoms with van der Waals surface area (Å²) in [4.78, 5) is 21.3. The Balaban J connectivity index is 1.82. The van der Waals surface area contributed by atoms with Crippen molar-refractivity contribution in [3.63, 3.8) is 0 Å². The van der Waals surface area contributed by atoms with E-state index in [4.69, 9.17) is 0 Å². The minimum atomic E-state index is -3.40. The Morgan fingerprint density at radius 3 is 2.96 bits per heavy atom. The summed E-state index contributed by atoms with van der Waals surface area (Å²) in [7, 11) is -1.57. The number of nitrogens with zero attached hydrogens (tertiary/aromatic N) is 4. The molecule has 2 N–H and O–H groups in total. The molecule has 3 rings (SSSR count).